The molecule has 0 N–H and O–H groups in total. The summed E-state index contributed by atoms with van der Waals surface area (Å²) in [5.74, 6) is -0.782. The molecule has 5 rings (SSSR count). The van der Waals surface area contributed by atoms with Crippen LogP contribution in [-0.4, -0.2) is 46.0 Å². The van der Waals surface area contributed by atoms with Gasteiger partial charge in [0.25, 0.3) is 5.91 Å². The molecule has 0 radical (unpaired) electrons. The third kappa shape index (κ3) is 4.31. The molecule has 164 valence electrons. The van der Waals surface area contributed by atoms with Crippen LogP contribution in [0, 0.1) is 5.82 Å². The summed E-state index contributed by atoms with van der Waals surface area (Å²) in [5, 5.41) is 2.08. The third-order valence-electron chi connectivity index (χ3n) is 5.83. The lowest BCUT2D eigenvalue weighted by Crippen LogP contribution is -2.39. The van der Waals surface area contributed by atoms with E-state index in [2.05, 4.69) is 9.78 Å². The number of nitrogens with zero attached hydrogens (tertiary/aromatic N) is 3. The minimum atomic E-state index is -0.491. The van der Waals surface area contributed by atoms with Gasteiger partial charge in [-0.1, -0.05) is 42.5 Å². The monoisotopic (exact) mass is 449 g/mol. The number of fused-ring (bicyclic) bond motifs is 1. The summed E-state index contributed by atoms with van der Waals surface area (Å²) < 4.78 is 22.2. The standard InChI is InChI=1S/C25H24FN3O2S/c26-22-11-5-4-10-21(22)24(30)28(15-20-9-6-14-31-20)13-12-19-17-32-25-27-23(16-29(19)25)18-7-2-1-3-8-18/h1-5,7-8,10-11,16-17,20H,6,9,12-15H2/t20-/m0/s1. The number of imidazole rings is 1. The zero-order valence-electron chi connectivity index (χ0n) is 17.6. The Balaban J connectivity index is 1.37. The molecular weight excluding hydrogens is 425 g/mol. The summed E-state index contributed by atoms with van der Waals surface area (Å²) in [6.45, 7) is 1.67. The molecule has 1 atom stereocenters. The number of ether oxygens (including phenoxy) is 1. The van der Waals surface area contributed by atoms with Gasteiger partial charge in [-0.05, 0) is 25.0 Å². The first-order valence-electron chi connectivity index (χ1n) is 10.9. The fourth-order valence-corrected chi connectivity index (χ4v) is 5.03. The van der Waals surface area contributed by atoms with Gasteiger partial charge in [0.1, 0.15) is 5.82 Å². The van der Waals surface area contributed by atoms with Gasteiger partial charge in [-0.2, -0.15) is 0 Å². The van der Waals surface area contributed by atoms with Gasteiger partial charge in [0.05, 0.1) is 17.4 Å². The van der Waals surface area contributed by atoms with Crippen LogP contribution in [0.3, 0.4) is 0 Å². The average Bonchev–Trinajstić information content (AvgIpc) is 3.55. The lowest BCUT2D eigenvalue weighted by molar-refractivity contribution is 0.0524. The summed E-state index contributed by atoms with van der Waals surface area (Å²) in [6, 6.07) is 16.2. The fraction of sp³-hybridized carbons (Fsp3) is 0.280. The number of carbonyl (C=O) groups excluding carboxylic acids is 1. The molecular formula is C25H24FN3O2S. The topological polar surface area (TPSA) is 46.8 Å². The zero-order chi connectivity index (χ0) is 21.9. The molecule has 2 aromatic carbocycles. The van der Waals surface area contributed by atoms with Crippen molar-refractivity contribution in [3.63, 3.8) is 0 Å². The number of amides is 1. The van der Waals surface area contributed by atoms with E-state index in [-0.39, 0.29) is 17.6 Å². The second kappa shape index (κ2) is 9.22. The highest BCUT2D eigenvalue weighted by molar-refractivity contribution is 7.15. The van der Waals surface area contributed by atoms with Crippen molar-refractivity contribution in [2.45, 2.75) is 25.4 Å². The highest BCUT2D eigenvalue weighted by Gasteiger charge is 2.25. The van der Waals surface area contributed by atoms with Crippen molar-refractivity contribution in [3.8, 4) is 11.3 Å². The molecule has 0 spiro atoms. The van der Waals surface area contributed by atoms with Crippen molar-refractivity contribution in [2.24, 2.45) is 0 Å². The van der Waals surface area contributed by atoms with E-state index in [1.807, 2.05) is 36.5 Å². The Morgan fingerprint density at radius 2 is 2.00 bits per heavy atom. The Kier molecular flexibility index (Phi) is 6.01. The predicted octanol–water partition coefficient (Wildman–Crippen LogP) is 5.07. The van der Waals surface area contributed by atoms with Crippen LogP contribution in [0.1, 0.15) is 28.9 Å². The molecule has 7 heteroatoms. The molecule has 0 saturated carbocycles. The maximum Gasteiger partial charge on any atom is 0.256 e. The molecule has 1 fully saturated rings. The van der Waals surface area contributed by atoms with Crippen LogP contribution in [0.4, 0.5) is 4.39 Å². The van der Waals surface area contributed by atoms with Crippen molar-refractivity contribution in [1.82, 2.24) is 14.3 Å². The molecule has 32 heavy (non-hydrogen) atoms. The summed E-state index contributed by atoms with van der Waals surface area (Å²) in [5.41, 5.74) is 3.19. The molecule has 2 aromatic heterocycles. The van der Waals surface area contributed by atoms with Crippen molar-refractivity contribution in [3.05, 3.63) is 83.2 Å². The van der Waals surface area contributed by atoms with Gasteiger partial charge in [0, 0.05) is 49.0 Å². The van der Waals surface area contributed by atoms with Gasteiger partial charge in [-0.15, -0.1) is 11.3 Å². The van der Waals surface area contributed by atoms with Crippen LogP contribution in [0.2, 0.25) is 0 Å². The van der Waals surface area contributed by atoms with Gasteiger partial charge in [-0.3, -0.25) is 9.20 Å². The molecule has 4 aromatic rings. The summed E-state index contributed by atoms with van der Waals surface area (Å²) in [7, 11) is 0. The van der Waals surface area contributed by atoms with E-state index >= 15 is 0 Å². The normalized spacial score (nSPS) is 16.0. The molecule has 1 aliphatic heterocycles. The first-order chi connectivity index (χ1) is 15.7. The molecule has 1 aliphatic rings. The van der Waals surface area contributed by atoms with Crippen LogP contribution < -0.4 is 0 Å². The smallest absolute Gasteiger partial charge is 0.256 e. The molecule has 1 saturated heterocycles. The van der Waals surface area contributed by atoms with Crippen molar-refractivity contribution in [2.75, 3.05) is 19.7 Å². The highest BCUT2D eigenvalue weighted by Crippen LogP contribution is 2.24. The summed E-state index contributed by atoms with van der Waals surface area (Å²) in [6.07, 6.45) is 4.61. The number of rotatable bonds is 7. The van der Waals surface area contributed by atoms with Gasteiger partial charge in [0.2, 0.25) is 0 Å². The van der Waals surface area contributed by atoms with Crippen LogP contribution >= 0.6 is 11.3 Å². The first kappa shape index (κ1) is 20.8. The Labute approximate surface area is 190 Å². The van der Waals surface area contributed by atoms with Gasteiger partial charge in [-0.25, -0.2) is 9.37 Å². The quantitative estimate of drug-likeness (QED) is 0.396. The molecule has 1 amide bonds. The van der Waals surface area contributed by atoms with Gasteiger partial charge < -0.3 is 9.64 Å². The molecule has 5 nitrogen and oxygen atoms in total. The lowest BCUT2D eigenvalue weighted by Gasteiger charge is -2.25. The maximum atomic E-state index is 14.3. The van der Waals surface area contributed by atoms with E-state index in [9.17, 15) is 9.18 Å². The van der Waals surface area contributed by atoms with Crippen LogP contribution in [0.5, 0.6) is 0 Å². The number of carbonyl (C=O) groups is 1. The molecule has 3 heterocycles. The lowest BCUT2D eigenvalue weighted by atomic mass is 10.1. The van der Waals surface area contributed by atoms with Crippen LogP contribution in [-0.2, 0) is 11.2 Å². The number of thiazole rings is 1. The second-order valence-corrected chi connectivity index (χ2v) is 8.82. The average molecular weight is 450 g/mol. The Morgan fingerprint density at radius 3 is 2.78 bits per heavy atom. The molecule has 0 aliphatic carbocycles. The van der Waals surface area contributed by atoms with Crippen molar-refractivity contribution in [1.29, 1.82) is 0 Å². The van der Waals surface area contributed by atoms with E-state index in [0.29, 0.717) is 19.5 Å². The fourth-order valence-electron chi connectivity index (χ4n) is 4.12. The summed E-state index contributed by atoms with van der Waals surface area (Å²) in [4.78, 5) is 20.6. The van der Waals surface area contributed by atoms with E-state index < -0.39 is 5.82 Å². The summed E-state index contributed by atoms with van der Waals surface area (Å²) >= 11 is 1.58. The largest absolute Gasteiger partial charge is 0.376 e. The third-order valence-corrected chi connectivity index (χ3v) is 6.72. The number of hydrogen-bond donors (Lipinski definition) is 0. The van der Waals surface area contributed by atoms with Gasteiger partial charge >= 0.3 is 0 Å². The van der Waals surface area contributed by atoms with Crippen LogP contribution in [0.15, 0.2) is 66.2 Å². The molecule has 0 unspecified atom stereocenters. The minimum absolute atomic E-state index is 0.00569. The highest BCUT2D eigenvalue weighted by atomic mass is 32.1. The number of halogens is 1. The Hall–Kier alpha value is -3.03. The first-order valence-corrected chi connectivity index (χ1v) is 11.7. The zero-order valence-corrected chi connectivity index (χ0v) is 18.4. The molecule has 0 bridgehead atoms. The SMILES string of the molecule is O=C(c1ccccc1F)N(CCc1csc2nc(-c3ccccc3)cn12)C[C@@H]1CCCO1. The number of benzene rings is 2. The van der Waals surface area contributed by atoms with Crippen molar-refractivity contribution >= 4 is 22.2 Å². The van der Waals surface area contributed by atoms with E-state index in [0.717, 1.165) is 41.4 Å². The number of aromatic nitrogens is 2. The van der Waals surface area contributed by atoms with Crippen molar-refractivity contribution < 1.29 is 13.9 Å². The number of hydrogen-bond acceptors (Lipinski definition) is 4. The van der Waals surface area contributed by atoms with Gasteiger partial charge in [0.15, 0.2) is 4.96 Å². The Bertz CT molecular complexity index is 1210. The van der Waals surface area contributed by atoms with E-state index in [1.54, 1.807) is 34.4 Å². The van der Waals surface area contributed by atoms with E-state index in [1.165, 1.54) is 6.07 Å². The second-order valence-electron chi connectivity index (χ2n) is 7.99. The van der Waals surface area contributed by atoms with E-state index in [4.69, 9.17) is 9.72 Å². The van der Waals surface area contributed by atoms with Crippen LogP contribution in [0.25, 0.3) is 16.2 Å². The Morgan fingerprint density at radius 1 is 1.19 bits per heavy atom. The predicted molar refractivity (Wildman–Crippen MR) is 123 cm³/mol. The minimum Gasteiger partial charge on any atom is -0.376 e. The maximum absolute atomic E-state index is 14.3.